The molecule has 1 rings (SSSR count). The molecular weight excluding hydrogens is 124 g/mol. The van der Waals surface area contributed by atoms with Gasteiger partial charge in [-0.15, -0.1) is 0 Å². The van der Waals surface area contributed by atoms with Crippen molar-refractivity contribution in [3.05, 3.63) is 0 Å². The van der Waals surface area contributed by atoms with Crippen LogP contribution in [-0.2, 0) is 4.79 Å². The summed E-state index contributed by atoms with van der Waals surface area (Å²) >= 11 is 0. The molecule has 58 valence electrons. The van der Waals surface area contributed by atoms with Crippen LogP contribution in [0.5, 0.6) is 0 Å². The fraction of sp³-hybridized carbons (Fsp3) is 0.889. The summed E-state index contributed by atoms with van der Waals surface area (Å²) in [6.45, 7) is 6.33. The summed E-state index contributed by atoms with van der Waals surface area (Å²) in [5.41, 5.74) is 0. The Labute approximate surface area is 62.8 Å². The first-order chi connectivity index (χ1) is 4.63. The van der Waals surface area contributed by atoms with Crippen LogP contribution in [0.1, 0.15) is 33.6 Å². The predicted octanol–water partition coefficient (Wildman–Crippen LogP) is 2.26. The van der Waals surface area contributed by atoms with E-state index in [1.165, 1.54) is 0 Å². The zero-order valence-corrected chi connectivity index (χ0v) is 7.05. The molecule has 0 amide bonds. The number of carbonyl (C=O) groups is 1. The third-order valence-electron chi connectivity index (χ3n) is 2.57. The lowest BCUT2D eigenvalue weighted by Gasteiger charge is -2.11. The Morgan fingerprint density at radius 1 is 1.40 bits per heavy atom. The van der Waals surface area contributed by atoms with E-state index in [2.05, 4.69) is 13.8 Å². The Morgan fingerprint density at radius 2 is 2.00 bits per heavy atom. The number of hydrogen-bond donors (Lipinski definition) is 0. The van der Waals surface area contributed by atoms with E-state index >= 15 is 0 Å². The van der Waals surface area contributed by atoms with Gasteiger partial charge in [-0.1, -0.05) is 20.8 Å². The van der Waals surface area contributed by atoms with E-state index in [0.717, 1.165) is 12.8 Å². The second-order valence-corrected chi connectivity index (χ2v) is 3.73. The molecule has 1 aliphatic rings. The lowest BCUT2D eigenvalue weighted by Crippen LogP contribution is -2.16. The minimum absolute atomic E-state index is 0.340. The minimum Gasteiger partial charge on any atom is -0.299 e. The molecular formula is C9H16O. The van der Waals surface area contributed by atoms with Crippen LogP contribution in [0.2, 0.25) is 0 Å². The fourth-order valence-corrected chi connectivity index (χ4v) is 1.74. The highest BCUT2D eigenvalue weighted by atomic mass is 16.1. The fourth-order valence-electron chi connectivity index (χ4n) is 1.74. The van der Waals surface area contributed by atoms with Gasteiger partial charge in [0.15, 0.2) is 0 Å². The van der Waals surface area contributed by atoms with Gasteiger partial charge in [0.2, 0.25) is 0 Å². The van der Waals surface area contributed by atoms with Crippen LogP contribution in [0.15, 0.2) is 0 Å². The summed E-state index contributed by atoms with van der Waals surface area (Å²) in [5.74, 6) is 1.76. The van der Waals surface area contributed by atoms with Crippen LogP contribution in [-0.4, -0.2) is 5.78 Å². The van der Waals surface area contributed by atoms with Crippen molar-refractivity contribution >= 4 is 5.78 Å². The quantitative estimate of drug-likeness (QED) is 0.546. The second kappa shape index (κ2) is 2.73. The molecule has 1 nitrogen and oxygen atoms in total. The maximum atomic E-state index is 11.3. The molecule has 0 aliphatic heterocycles. The van der Waals surface area contributed by atoms with Crippen LogP contribution < -0.4 is 0 Å². The summed E-state index contributed by atoms with van der Waals surface area (Å²) in [4.78, 5) is 11.3. The van der Waals surface area contributed by atoms with Crippen molar-refractivity contribution < 1.29 is 4.79 Å². The lowest BCUT2D eigenvalue weighted by molar-refractivity contribution is -0.124. The van der Waals surface area contributed by atoms with Gasteiger partial charge in [-0.25, -0.2) is 0 Å². The SMILES string of the molecule is CC(C)[C@H]1CC[C@H](C)C1=O. The van der Waals surface area contributed by atoms with Crippen molar-refractivity contribution in [1.82, 2.24) is 0 Å². The van der Waals surface area contributed by atoms with Crippen LogP contribution >= 0.6 is 0 Å². The third-order valence-corrected chi connectivity index (χ3v) is 2.57. The van der Waals surface area contributed by atoms with E-state index in [0.29, 0.717) is 23.5 Å². The maximum absolute atomic E-state index is 11.3. The highest BCUT2D eigenvalue weighted by Crippen LogP contribution is 2.31. The molecule has 1 aliphatic carbocycles. The van der Waals surface area contributed by atoms with Gasteiger partial charge in [-0.2, -0.15) is 0 Å². The van der Waals surface area contributed by atoms with Crippen LogP contribution in [0.4, 0.5) is 0 Å². The molecule has 0 aromatic rings. The first-order valence-corrected chi connectivity index (χ1v) is 4.16. The Kier molecular flexibility index (Phi) is 2.12. The third kappa shape index (κ3) is 1.23. The standard InChI is InChI=1S/C9H16O/c1-6(2)8-5-4-7(3)9(8)10/h6-8H,4-5H2,1-3H3/t7-,8+/m0/s1. The van der Waals surface area contributed by atoms with Crippen molar-refractivity contribution in [2.24, 2.45) is 17.8 Å². The van der Waals surface area contributed by atoms with Crippen molar-refractivity contribution in [3.63, 3.8) is 0 Å². The van der Waals surface area contributed by atoms with E-state index < -0.39 is 0 Å². The number of rotatable bonds is 1. The predicted molar refractivity (Wildman–Crippen MR) is 41.7 cm³/mol. The van der Waals surface area contributed by atoms with Crippen molar-refractivity contribution in [1.29, 1.82) is 0 Å². The molecule has 0 saturated heterocycles. The molecule has 0 aromatic carbocycles. The highest BCUT2D eigenvalue weighted by molar-refractivity contribution is 5.85. The van der Waals surface area contributed by atoms with Gasteiger partial charge in [0.25, 0.3) is 0 Å². The van der Waals surface area contributed by atoms with Crippen molar-refractivity contribution in [2.75, 3.05) is 0 Å². The molecule has 0 bridgehead atoms. The highest BCUT2D eigenvalue weighted by Gasteiger charge is 2.32. The number of ketones is 1. The molecule has 1 fully saturated rings. The van der Waals surface area contributed by atoms with Crippen LogP contribution in [0.25, 0.3) is 0 Å². The van der Waals surface area contributed by atoms with E-state index in [1.54, 1.807) is 0 Å². The summed E-state index contributed by atoms with van der Waals surface area (Å²) < 4.78 is 0. The molecule has 0 heterocycles. The van der Waals surface area contributed by atoms with Gasteiger partial charge < -0.3 is 0 Å². The van der Waals surface area contributed by atoms with Gasteiger partial charge >= 0.3 is 0 Å². The normalized spacial score (nSPS) is 33.8. The van der Waals surface area contributed by atoms with Crippen LogP contribution in [0, 0.1) is 17.8 Å². The van der Waals surface area contributed by atoms with Gasteiger partial charge in [-0.3, -0.25) is 4.79 Å². The van der Waals surface area contributed by atoms with Gasteiger partial charge in [0.05, 0.1) is 0 Å². The topological polar surface area (TPSA) is 17.1 Å². The number of hydrogen-bond acceptors (Lipinski definition) is 1. The van der Waals surface area contributed by atoms with E-state index in [-0.39, 0.29) is 0 Å². The largest absolute Gasteiger partial charge is 0.299 e. The molecule has 10 heavy (non-hydrogen) atoms. The van der Waals surface area contributed by atoms with E-state index in [9.17, 15) is 4.79 Å². The molecule has 2 atom stereocenters. The molecule has 0 aromatic heterocycles. The summed E-state index contributed by atoms with van der Waals surface area (Å²) in [5, 5.41) is 0. The second-order valence-electron chi connectivity index (χ2n) is 3.73. The molecule has 0 radical (unpaired) electrons. The average molecular weight is 140 g/mol. The molecule has 1 saturated carbocycles. The van der Waals surface area contributed by atoms with Gasteiger partial charge in [-0.05, 0) is 18.8 Å². The number of carbonyl (C=O) groups excluding carboxylic acids is 1. The summed E-state index contributed by atoms with van der Waals surface area (Å²) in [7, 11) is 0. The Hall–Kier alpha value is -0.330. The lowest BCUT2D eigenvalue weighted by atomic mass is 9.92. The number of Topliss-reactive ketones (excluding diaryl/α,β-unsaturated/α-hetero) is 1. The zero-order valence-electron chi connectivity index (χ0n) is 7.05. The van der Waals surface area contributed by atoms with Gasteiger partial charge in [0.1, 0.15) is 5.78 Å². The van der Waals surface area contributed by atoms with Crippen LogP contribution in [0.3, 0.4) is 0 Å². The summed E-state index contributed by atoms with van der Waals surface area (Å²) in [6, 6.07) is 0. The Balaban J connectivity index is 2.57. The Morgan fingerprint density at radius 3 is 2.20 bits per heavy atom. The average Bonchev–Trinajstić information content (AvgIpc) is 2.14. The minimum atomic E-state index is 0.340. The molecule has 0 unspecified atom stereocenters. The first kappa shape index (κ1) is 7.77. The smallest absolute Gasteiger partial charge is 0.139 e. The van der Waals surface area contributed by atoms with E-state index in [4.69, 9.17) is 0 Å². The van der Waals surface area contributed by atoms with Crippen molar-refractivity contribution in [3.8, 4) is 0 Å². The molecule has 0 spiro atoms. The summed E-state index contributed by atoms with van der Waals surface area (Å²) in [6.07, 6.45) is 2.24. The molecule has 1 heteroatoms. The van der Waals surface area contributed by atoms with Gasteiger partial charge in [0, 0.05) is 11.8 Å². The monoisotopic (exact) mass is 140 g/mol. The maximum Gasteiger partial charge on any atom is 0.139 e. The Bertz CT molecular complexity index is 138. The van der Waals surface area contributed by atoms with E-state index in [1.807, 2.05) is 6.92 Å². The first-order valence-electron chi connectivity index (χ1n) is 4.16. The van der Waals surface area contributed by atoms with Crippen molar-refractivity contribution in [2.45, 2.75) is 33.6 Å². The molecule has 0 N–H and O–H groups in total. The zero-order chi connectivity index (χ0) is 7.72.